The standard InChI is InChI=1S/C9H10F3N3O4S/c10-9(11,12)5-15-20(18,19)14-4-7-3-6(8(16)17)1-2-13-7/h1-3,14-15H,4-5H2,(H,16,17). The molecule has 0 unspecified atom stereocenters. The Kier molecular flexibility index (Phi) is 5.03. The summed E-state index contributed by atoms with van der Waals surface area (Å²) in [5.41, 5.74) is -0.0558. The highest BCUT2D eigenvalue weighted by atomic mass is 32.2. The molecule has 0 amide bonds. The van der Waals surface area contributed by atoms with Crippen LogP contribution in [0.4, 0.5) is 13.2 Å². The van der Waals surface area contributed by atoms with Gasteiger partial charge in [0.05, 0.1) is 17.8 Å². The fraction of sp³-hybridized carbons (Fsp3) is 0.333. The summed E-state index contributed by atoms with van der Waals surface area (Å²) >= 11 is 0. The summed E-state index contributed by atoms with van der Waals surface area (Å²) in [6.07, 6.45) is -3.52. The fourth-order valence-corrected chi connectivity index (χ4v) is 1.90. The van der Waals surface area contributed by atoms with Crippen LogP contribution in [0.25, 0.3) is 0 Å². The predicted molar refractivity (Wildman–Crippen MR) is 61.0 cm³/mol. The van der Waals surface area contributed by atoms with Gasteiger partial charge in [0.1, 0.15) is 6.54 Å². The number of hydrogen-bond donors (Lipinski definition) is 3. The van der Waals surface area contributed by atoms with Crippen LogP contribution < -0.4 is 9.44 Å². The van der Waals surface area contributed by atoms with Gasteiger partial charge in [-0.3, -0.25) is 4.98 Å². The summed E-state index contributed by atoms with van der Waals surface area (Å²) < 4.78 is 61.1. The van der Waals surface area contributed by atoms with Crippen molar-refractivity contribution in [2.75, 3.05) is 6.54 Å². The Hall–Kier alpha value is -1.72. The zero-order valence-electron chi connectivity index (χ0n) is 9.81. The molecule has 0 radical (unpaired) electrons. The second kappa shape index (κ2) is 6.15. The maximum Gasteiger partial charge on any atom is 0.402 e. The van der Waals surface area contributed by atoms with Gasteiger partial charge in [0.25, 0.3) is 10.2 Å². The number of pyridine rings is 1. The zero-order chi connectivity index (χ0) is 15.4. The number of halogens is 3. The van der Waals surface area contributed by atoms with E-state index in [1.807, 2.05) is 4.72 Å². The monoisotopic (exact) mass is 313 g/mol. The first-order chi connectivity index (χ1) is 9.09. The van der Waals surface area contributed by atoms with Gasteiger partial charge in [-0.2, -0.15) is 31.0 Å². The summed E-state index contributed by atoms with van der Waals surface area (Å²) in [5.74, 6) is -1.23. The van der Waals surface area contributed by atoms with E-state index in [4.69, 9.17) is 5.11 Å². The Morgan fingerprint density at radius 1 is 1.35 bits per heavy atom. The molecule has 0 fully saturated rings. The van der Waals surface area contributed by atoms with E-state index in [9.17, 15) is 26.4 Å². The SMILES string of the molecule is O=C(O)c1ccnc(CNS(=O)(=O)NCC(F)(F)F)c1. The third-order valence-electron chi connectivity index (χ3n) is 1.97. The van der Waals surface area contributed by atoms with E-state index in [0.717, 1.165) is 12.3 Å². The minimum absolute atomic E-state index is 0.0577. The summed E-state index contributed by atoms with van der Waals surface area (Å²) in [5, 5.41) is 8.71. The summed E-state index contributed by atoms with van der Waals surface area (Å²) in [7, 11) is -4.35. The molecule has 0 atom stereocenters. The Bertz CT molecular complexity index is 588. The van der Waals surface area contributed by atoms with E-state index in [-0.39, 0.29) is 11.3 Å². The third-order valence-corrected chi connectivity index (χ3v) is 3.02. The van der Waals surface area contributed by atoms with Crippen molar-refractivity contribution >= 4 is 16.2 Å². The molecular weight excluding hydrogens is 303 g/mol. The van der Waals surface area contributed by atoms with E-state index in [2.05, 4.69) is 4.98 Å². The van der Waals surface area contributed by atoms with Crippen LogP contribution in [0.2, 0.25) is 0 Å². The summed E-state index contributed by atoms with van der Waals surface area (Å²) in [4.78, 5) is 14.4. The quantitative estimate of drug-likeness (QED) is 0.698. The number of rotatable bonds is 6. The average molecular weight is 313 g/mol. The van der Waals surface area contributed by atoms with Crippen LogP contribution in [-0.4, -0.2) is 37.2 Å². The van der Waals surface area contributed by atoms with Crippen molar-refractivity contribution < 1.29 is 31.5 Å². The second-order valence-electron chi connectivity index (χ2n) is 3.60. The number of carbonyl (C=O) groups is 1. The molecule has 11 heteroatoms. The predicted octanol–water partition coefficient (Wildman–Crippen LogP) is 0.266. The van der Waals surface area contributed by atoms with E-state index < -0.39 is 35.4 Å². The summed E-state index contributed by atoms with van der Waals surface area (Å²) in [6.45, 7) is -2.14. The molecule has 1 aromatic rings. The number of nitrogens with zero attached hydrogens (tertiary/aromatic N) is 1. The van der Waals surface area contributed by atoms with Crippen molar-refractivity contribution in [3.05, 3.63) is 29.6 Å². The van der Waals surface area contributed by atoms with Crippen molar-refractivity contribution in [2.24, 2.45) is 0 Å². The molecule has 0 aliphatic heterocycles. The van der Waals surface area contributed by atoms with Crippen LogP contribution in [0.5, 0.6) is 0 Å². The minimum atomic E-state index is -4.67. The Morgan fingerprint density at radius 3 is 2.55 bits per heavy atom. The number of hydrogen-bond acceptors (Lipinski definition) is 4. The molecule has 1 heterocycles. The number of carboxylic acid groups (broad SMARTS) is 1. The number of nitrogens with one attached hydrogen (secondary N) is 2. The van der Waals surface area contributed by atoms with Crippen LogP contribution in [0.3, 0.4) is 0 Å². The van der Waals surface area contributed by atoms with Crippen LogP contribution >= 0.6 is 0 Å². The molecule has 0 saturated carbocycles. The number of alkyl halides is 3. The molecule has 112 valence electrons. The van der Waals surface area contributed by atoms with Gasteiger partial charge in [-0.1, -0.05) is 0 Å². The maximum atomic E-state index is 11.9. The molecule has 20 heavy (non-hydrogen) atoms. The molecule has 1 rings (SSSR count). The highest BCUT2D eigenvalue weighted by molar-refractivity contribution is 7.87. The van der Waals surface area contributed by atoms with Crippen molar-refractivity contribution in [3.63, 3.8) is 0 Å². The topological polar surface area (TPSA) is 108 Å². The smallest absolute Gasteiger partial charge is 0.402 e. The van der Waals surface area contributed by atoms with Gasteiger partial charge in [0.2, 0.25) is 0 Å². The van der Waals surface area contributed by atoms with Crippen molar-refractivity contribution in [3.8, 4) is 0 Å². The largest absolute Gasteiger partial charge is 0.478 e. The van der Waals surface area contributed by atoms with Gasteiger partial charge in [-0.25, -0.2) is 4.79 Å². The lowest BCUT2D eigenvalue weighted by molar-refractivity contribution is -0.121. The first-order valence-corrected chi connectivity index (χ1v) is 6.56. The van der Waals surface area contributed by atoms with Crippen LogP contribution in [0.1, 0.15) is 16.1 Å². The molecule has 1 aromatic heterocycles. The number of carboxylic acids is 1. The third kappa shape index (κ3) is 5.95. The van der Waals surface area contributed by atoms with Crippen LogP contribution in [0, 0.1) is 0 Å². The lowest BCUT2D eigenvalue weighted by Crippen LogP contribution is -2.41. The Morgan fingerprint density at radius 2 is 2.00 bits per heavy atom. The maximum absolute atomic E-state index is 11.9. The molecule has 7 nitrogen and oxygen atoms in total. The first kappa shape index (κ1) is 16.3. The van der Waals surface area contributed by atoms with E-state index >= 15 is 0 Å². The molecule has 0 bridgehead atoms. The Balaban J connectivity index is 2.62. The van der Waals surface area contributed by atoms with Crippen LogP contribution in [-0.2, 0) is 16.8 Å². The van der Waals surface area contributed by atoms with Crippen LogP contribution in [0.15, 0.2) is 18.3 Å². The summed E-state index contributed by atoms with van der Waals surface area (Å²) in [6, 6.07) is 2.30. The fourth-order valence-electron chi connectivity index (χ4n) is 1.10. The van der Waals surface area contributed by atoms with E-state index in [0.29, 0.717) is 0 Å². The molecule has 0 saturated heterocycles. The molecule has 0 aliphatic carbocycles. The van der Waals surface area contributed by atoms with Crippen molar-refractivity contribution in [1.82, 2.24) is 14.4 Å². The van der Waals surface area contributed by atoms with Gasteiger partial charge in [-0.05, 0) is 12.1 Å². The van der Waals surface area contributed by atoms with Crippen molar-refractivity contribution in [2.45, 2.75) is 12.7 Å². The van der Waals surface area contributed by atoms with Crippen molar-refractivity contribution in [1.29, 1.82) is 0 Å². The Labute approximate surface area is 112 Å². The first-order valence-electron chi connectivity index (χ1n) is 5.08. The van der Waals surface area contributed by atoms with Gasteiger partial charge in [0.15, 0.2) is 0 Å². The molecule has 0 spiro atoms. The zero-order valence-corrected chi connectivity index (χ0v) is 10.6. The average Bonchev–Trinajstić information content (AvgIpc) is 2.34. The van der Waals surface area contributed by atoms with Gasteiger partial charge < -0.3 is 5.11 Å². The van der Waals surface area contributed by atoms with Gasteiger partial charge in [0, 0.05) is 6.20 Å². The van der Waals surface area contributed by atoms with E-state index in [1.54, 1.807) is 0 Å². The highest BCUT2D eigenvalue weighted by Crippen LogP contribution is 2.12. The van der Waals surface area contributed by atoms with Gasteiger partial charge >= 0.3 is 12.1 Å². The normalized spacial score (nSPS) is 12.3. The molecular formula is C9H10F3N3O4S. The van der Waals surface area contributed by atoms with E-state index in [1.165, 1.54) is 10.8 Å². The van der Waals surface area contributed by atoms with Gasteiger partial charge in [-0.15, -0.1) is 0 Å². The lowest BCUT2D eigenvalue weighted by atomic mass is 10.2. The number of aromatic carboxylic acids is 1. The second-order valence-corrected chi connectivity index (χ2v) is 5.19. The molecule has 3 N–H and O–H groups in total. The highest BCUT2D eigenvalue weighted by Gasteiger charge is 2.29. The lowest BCUT2D eigenvalue weighted by Gasteiger charge is -2.10. The minimum Gasteiger partial charge on any atom is -0.478 e. The molecule has 0 aliphatic rings. The molecule has 0 aromatic carbocycles. The number of aromatic nitrogens is 1.